The average molecular weight is 775 g/mol. The van der Waals surface area contributed by atoms with Crippen LogP contribution in [0.5, 0.6) is 0 Å². The van der Waals surface area contributed by atoms with Crippen molar-refractivity contribution in [3.05, 3.63) is 216 Å². The van der Waals surface area contributed by atoms with E-state index < -0.39 is 0 Å². The van der Waals surface area contributed by atoms with Gasteiger partial charge in [-0.1, -0.05) is 189 Å². The summed E-state index contributed by atoms with van der Waals surface area (Å²) in [5.74, 6) is 0.616. The number of fused-ring (bicyclic) bond motifs is 10. The molecule has 12 aromatic carbocycles. The van der Waals surface area contributed by atoms with Gasteiger partial charge in [0, 0.05) is 0 Å². The minimum atomic E-state index is 0.616. The first-order chi connectivity index (χ1) is 30.2. The van der Waals surface area contributed by atoms with Gasteiger partial charge in [-0.25, -0.2) is 0 Å². The van der Waals surface area contributed by atoms with Crippen molar-refractivity contribution >= 4 is 86.2 Å². The first-order valence-electron chi connectivity index (χ1n) is 21.9. The lowest BCUT2D eigenvalue weighted by molar-refractivity contribution is 0.728. The zero-order valence-corrected chi connectivity index (χ0v) is 34.2. The van der Waals surface area contributed by atoms with E-state index in [2.05, 4.69) is 201 Å². The van der Waals surface area contributed by atoms with E-state index in [0.717, 1.165) is 19.3 Å². The van der Waals surface area contributed by atoms with Gasteiger partial charge >= 0.3 is 0 Å². The number of hydrogen-bond acceptors (Lipinski definition) is 0. The summed E-state index contributed by atoms with van der Waals surface area (Å²) in [5, 5.41) is 21.4. The Morgan fingerprint density at radius 3 is 1.85 bits per heavy atom. The highest BCUT2D eigenvalue weighted by Gasteiger charge is 2.27. The summed E-state index contributed by atoms with van der Waals surface area (Å²) in [7, 11) is 0. The Balaban J connectivity index is 1.22. The molecule has 0 fully saturated rings. The van der Waals surface area contributed by atoms with Gasteiger partial charge in [0.25, 0.3) is 0 Å². The van der Waals surface area contributed by atoms with Crippen LogP contribution in [0, 0.1) is 5.92 Å². The van der Waals surface area contributed by atoms with Gasteiger partial charge in [-0.2, -0.15) is 0 Å². The van der Waals surface area contributed by atoms with Crippen LogP contribution >= 0.6 is 0 Å². The first kappa shape index (κ1) is 34.6. The lowest BCUT2D eigenvalue weighted by Gasteiger charge is -2.19. The van der Waals surface area contributed by atoms with Crippen molar-refractivity contribution in [3.8, 4) is 22.3 Å². The summed E-state index contributed by atoms with van der Waals surface area (Å²) in [5.41, 5.74) is 10.6. The second-order valence-electron chi connectivity index (χ2n) is 17.5. The largest absolute Gasteiger partial charge is 0.0811 e. The van der Waals surface area contributed by atoms with Crippen LogP contribution in [0.15, 0.2) is 200 Å². The molecule has 0 aliphatic heterocycles. The van der Waals surface area contributed by atoms with Gasteiger partial charge in [-0.15, -0.1) is 0 Å². The molecule has 0 saturated carbocycles. The molecule has 1 atom stereocenters. The highest BCUT2D eigenvalue weighted by molar-refractivity contribution is 6.46. The minimum absolute atomic E-state index is 0.616. The monoisotopic (exact) mass is 774 g/mol. The zero-order valence-electron chi connectivity index (χ0n) is 34.2. The molecule has 286 valence electrons. The van der Waals surface area contributed by atoms with Crippen LogP contribution in [0.2, 0.25) is 0 Å². The number of hydrogen-bond donors (Lipinski definition) is 0. The minimum Gasteiger partial charge on any atom is -0.0811 e. The van der Waals surface area contributed by atoms with Gasteiger partial charge in [-0.05, 0) is 168 Å². The van der Waals surface area contributed by atoms with Crippen LogP contribution in [0.4, 0.5) is 0 Å². The molecule has 0 nitrogen and oxygen atoms in total. The fourth-order valence-electron chi connectivity index (χ4n) is 11.2. The average Bonchev–Trinajstić information content (AvgIpc) is 3.80. The molecule has 61 heavy (non-hydrogen) atoms. The van der Waals surface area contributed by atoms with Crippen molar-refractivity contribution < 1.29 is 0 Å². The van der Waals surface area contributed by atoms with E-state index in [1.165, 1.54) is 131 Å². The van der Waals surface area contributed by atoms with E-state index in [9.17, 15) is 0 Å². The van der Waals surface area contributed by atoms with E-state index in [1.54, 1.807) is 0 Å². The Labute approximate surface area is 355 Å². The van der Waals surface area contributed by atoms with E-state index in [4.69, 9.17) is 0 Å². The van der Waals surface area contributed by atoms with Crippen LogP contribution in [0.3, 0.4) is 0 Å². The predicted molar refractivity (Wildman–Crippen MR) is 264 cm³/mol. The summed E-state index contributed by atoms with van der Waals surface area (Å²) >= 11 is 0. The Kier molecular flexibility index (Phi) is 7.57. The second-order valence-corrected chi connectivity index (χ2v) is 17.5. The number of benzene rings is 10. The van der Waals surface area contributed by atoms with Crippen LogP contribution in [0.1, 0.15) is 30.0 Å². The molecule has 1 aliphatic carbocycles. The van der Waals surface area contributed by atoms with Crippen LogP contribution in [-0.2, 0) is 12.8 Å². The lowest BCUT2D eigenvalue weighted by atomic mass is 9.84. The Hall–Kier alpha value is -7.28. The van der Waals surface area contributed by atoms with E-state index in [0.29, 0.717) is 5.92 Å². The molecule has 1 aliphatic rings. The standard InChI is InChI=1S/C61H42/c1-37-24-26-39(27-25-37)32-40-28-30-46-50(34-40)47-22-13-23-48-57(47)51(46)36-53-54(41-16-7-3-8-17-41)60-49-31-29-44(33-38-14-5-2-6-15-38)55-45-21-12-11-20-43(45)35-52(58(49)55)61(60)56(59(48)53)42-18-9-4-10-19-42/h2-24,26-31,34-37H,25,32-33H2,1H3. The van der Waals surface area contributed by atoms with Crippen LogP contribution in [0.25, 0.3) is 108 Å². The summed E-state index contributed by atoms with van der Waals surface area (Å²) in [4.78, 5) is 0. The maximum Gasteiger partial charge on any atom is -0.000697 e. The van der Waals surface area contributed by atoms with Gasteiger partial charge in [0.15, 0.2) is 0 Å². The van der Waals surface area contributed by atoms with E-state index >= 15 is 0 Å². The SMILES string of the molecule is CC1C=CC(Cc2ccc3c(c2)c2cccc4c5c(-c6ccccc6)c6c7cc8ccccc8c8c(Cc9ccccc9)ccc(c6c(-c6ccccc6)c5cc3c24)c78)=CC1. The highest BCUT2D eigenvalue weighted by Crippen LogP contribution is 2.55. The van der Waals surface area contributed by atoms with Crippen molar-refractivity contribution in [2.75, 3.05) is 0 Å². The van der Waals surface area contributed by atoms with Crippen molar-refractivity contribution in [1.29, 1.82) is 0 Å². The molecule has 0 radical (unpaired) electrons. The Bertz CT molecular complexity index is 3760. The third-order valence-electron chi connectivity index (χ3n) is 13.9. The molecule has 0 spiro atoms. The molecule has 0 heteroatoms. The maximum atomic E-state index is 2.57. The van der Waals surface area contributed by atoms with Crippen molar-refractivity contribution in [1.82, 2.24) is 0 Å². The van der Waals surface area contributed by atoms with Crippen LogP contribution in [-0.4, -0.2) is 0 Å². The fraction of sp³-hybridized carbons (Fsp3) is 0.0820. The molecule has 0 amide bonds. The molecule has 12 aromatic rings. The zero-order chi connectivity index (χ0) is 40.2. The summed E-state index contributed by atoms with van der Waals surface area (Å²) in [6.45, 7) is 2.30. The molecule has 0 aromatic heterocycles. The molecular weight excluding hydrogens is 733 g/mol. The molecule has 0 heterocycles. The van der Waals surface area contributed by atoms with Gasteiger partial charge in [0.1, 0.15) is 0 Å². The summed E-state index contributed by atoms with van der Waals surface area (Å²) in [6.07, 6.45) is 10.1. The van der Waals surface area contributed by atoms with Crippen LogP contribution < -0.4 is 0 Å². The quantitative estimate of drug-likeness (QED) is 0.148. The second kappa shape index (κ2) is 13.4. The molecule has 0 saturated heterocycles. The number of allylic oxidation sites excluding steroid dienone is 4. The van der Waals surface area contributed by atoms with E-state index in [1.807, 2.05) is 0 Å². The normalized spacial score (nSPS) is 14.6. The maximum absolute atomic E-state index is 2.57. The highest BCUT2D eigenvalue weighted by atomic mass is 14.3. The predicted octanol–water partition coefficient (Wildman–Crippen LogP) is 16.8. The van der Waals surface area contributed by atoms with Gasteiger partial charge < -0.3 is 0 Å². The van der Waals surface area contributed by atoms with Crippen molar-refractivity contribution in [2.45, 2.75) is 26.2 Å². The third kappa shape index (κ3) is 5.19. The van der Waals surface area contributed by atoms with E-state index in [-0.39, 0.29) is 0 Å². The molecule has 0 bridgehead atoms. The van der Waals surface area contributed by atoms with Crippen molar-refractivity contribution in [2.24, 2.45) is 5.92 Å². The first-order valence-corrected chi connectivity index (χ1v) is 21.9. The third-order valence-corrected chi connectivity index (χ3v) is 13.9. The lowest BCUT2D eigenvalue weighted by Crippen LogP contribution is -1.97. The fourth-order valence-corrected chi connectivity index (χ4v) is 11.2. The van der Waals surface area contributed by atoms with Gasteiger partial charge in [0.2, 0.25) is 0 Å². The van der Waals surface area contributed by atoms with Gasteiger partial charge in [0.05, 0.1) is 0 Å². The number of rotatable bonds is 6. The van der Waals surface area contributed by atoms with Crippen molar-refractivity contribution in [3.63, 3.8) is 0 Å². The molecular formula is C61H42. The molecule has 0 N–H and O–H groups in total. The smallest absolute Gasteiger partial charge is 0.000697 e. The summed E-state index contributed by atoms with van der Waals surface area (Å²) < 4.78 is 0. The Morgan fingerprint density at radius 2 is 1.07 bits per heavy atom. The molecule has 1 unspecified atom stereocenters. The topological polar surface area (TPSA) is 0 Å². The Morgan fingerprint density at radius 1 is 0.393 bits per heavy atom. The van der Waals surface area contributed by atoms with Gasteiger partial charge in [-0.3, -0.25) is 0 Å². The summed E-state index contributed by atoms with van der Waals surface area (Å²) in [6, 6.07) is 66.8. The molecule has 13 rings (SSSR count).